The van der Waals surface area contributed by atoms with Crippen molar-refractivity contribution in [1.29, 1.82) is 0 Å². The number of hydrogen-bond donors (Lipinski definition) is 5. The van der Waals surface area contributed by atoms with Crippen LogP contribution in [0.15, 0.2) is 53.9 Å². The Hall–Kier alpha value is -3.22. The molecule has 0 radical (unpaired) electrons. The summed E-state index contributed by atoms with van der Waals surface area (Å²) in [6.45, 7) is 4.50. The third-order valence-corrected chi connectivity index (χ3v) is 8.31. The number of amides is 3. The maximum atomic E-state index is 13.4. The SMILES string of the molecule is CC(C)(C)OC(=O)N[C@@H](Cc1ccccc1)C(=O)N[C@@H](CO)C(=O)N[C@@H](CC1CCCCC1)[C@@H](O)CCSc1ncccn1. The maximum Gasteiger partial charge on any atom is 0.408 e. The first kappa shape index (κ1) is 35.3. The van der Waals surface area contributed by atoms with E-state index >= 15 is 0 Å². The van der Waals surface area contributed by atoms with E-state index in [0.29, 0.717) is 29.7 Å². The average molecular weight is 630 g/mol. The van der Waals surface area contributed by atoms with E-state index in [1.165, 1.54) is 18.2 Å². The van der Waals surface area contributed by atoms with Crippen LogP contribution in [0.2, 0.25) is 0 Å². The first-order valence-corrected chi connectivity index (χ1v) is 16.4. The van der Waals surface area contributed by atoms with Gasteiger partial charge in [-0.25, -0.2) is 14.8 Å². The second-order valence-electron chi connectivity index (χ2n) is 12.2. The van der Waals surface area contributed by atoms with Gasteiger partial charge in [-0.2, -0.15) is 0 Å². The zero-order valence-electron chi connectivity index (χ0n) is 25.9. The van der Waals surface area contributed by atoms with Crippen LogP contribution in [0.4, 0.5) is 4.79 Å². The highest BCUT2D eigenvalue weighted by Gasteiger charge is 2.32. The fourth-order valence-electron chi connectivity index (χ4n) is 5.18. The predicted octanol–water partition coefficient (Wildman–Crippen LogP) is 3.39. The lowest BCUT2D eigenvalue weighted by Crippen LogP contribution is -2.58. The predicted molar refractivity (Wildman–Crippen MR) is 169 cm³/mol. The standard InChI is InChI=1S/C32H47N5O6S/c1-32(2,3)43-31(42)37-25(20-23-13-8-5-9-14-23)28(40)36-26(21-38)29(41)35-24(19-22-11-6-4-7-12-22)27(39)15-18-44-30-33-16-10-17-34-30/h5,8-10,13-14,16-17,22,24-27,38-39H,4,6-7,11-12,15,18-21H2,1-3H3,(H,35,41)(H,36,40)(H,37,42)/t24-,25-,26-,27-/m0/s1. The van der Waals surface area contributed by atoms with Gasteiger partial charge in [-0.05, 0) is 51.2 Å². The van der Waals surface area contributed by atoms with Crippen LogP contribution in [0.1, 0.15) is 71.3 Å². The lowest BCUT2D eigenvalue weighted by atomic mass is 9.83. The van der Waals surface area contributed by atoms with Gasteiger partial charge < -0.3 is 30.9 Å². The number of carbonyl (C=O) groups excluding carboxylic acids is 3. The van der Waals surface area contributed by atoms with Crippen LogP contribution in [-0.2, 0) is 20.7 Å². The van der Waals surface area contributed by atoms with Crippen molar-refractivity contribution in [3.8, 4) is 0 Å². The smallest absolute Gasteiger partial charge is 0.408 e. The van der Waals surface area contributed by atoms with Gasteiger partial charge in [0.05, 0.1) is 18.8 Å². The Kier molecular flexibility index (Phi) is 14.4. The summed E-state index contributed by atoms with van der Waals surface area (Å²) in [5, 5.41) is 30.0. The summed E-state index contributed by atoms with van der Waals surface area (Å²) in [5.74, 6) is -0.322. The lowest BCUT2D eigenvalue weighted by Gasteiger charge is -2.31. The quantitative estimate of drug-likeness (QED) is 0.147. The molecule has 4 atom stereocenters. The van der Waals surface area contributed by atoms with Gasteiger partial charge in [0.15, 0.2) is 5.16 Å². The Morgan fingerprint density at radius 1 is 0.955 bits per heavy atom. The molecule has 0 aliphatic heterocycles. The number of alkyl carbamates (subject to hydrolysis) is 1. The summed E-state index contributed by atoms with van der Waals surface area (Å²) < 4.78 is 5.35. The molecule has 44 heavy (non-hydrogen) atoms. The van der Waals surface area contributed by atoms with E-state index in [9.17, 15) is 24.6 Å². The van der Waals surface area contributed by atoms with Crippen LogP contribution >= 0.6 is 11.8 Å². The van der Waals surface area contributed by atoms with Crippen molar-refractivity contribution in [3.63, 3.8) is 0 Å². The molecule has 0 unspecified atom stereocenters. The minimum absolute atomic E-state index is 0.150. The number of nitrogens with one attached hydrogen (secondary N) is 3. The van der Waals surface area contributed by atoms with Crippen molar-refractivity contribution >= 4 is 29.7 Å². The van der Waals surface area contributed by atoms with E-state index in [1.54, 1.807) is 39.2 Å². The molecule has 1 heterocycles. The number of ether oxygens (including phenoxy) is 1. The second kappa shape index (κ2) is 17.9. The molecule has 3 amide bonds. The third-order valence-electron chi connectivity index (χ3n) is 7.40. The number of aromatic nitrogens is 2. The molecule has 1 aliphatic carbocycles. The maximum absolute atomic E-state index is 13.4. The Labute approximate surface area is 264 Å². The third kappa shape index (κ3) is 12.8. The molecule has 0 saturated heterocycles. The van der Waals surface area contributed by atoms with Crippen LogP contribution in [-0.4, -0.2) is 80.3 Å². The first-order chi connectivity index (χ1) is 21.0. The fraction of sp³-hybridized carbons (Fsp3) is 0.594. The van der Waals surface area contributed by atoms with Gasteiger partial charge in [0, 0.05) is 24.6 Å². The van der Waals surface area contributed by atoms with Crippen molar-refractivity contribution in [3.05, 3.63) is 54.4 Å². The number of aliphatic hydroxyl groups excluding tert-OH is 2. The number of nitrogens with zero attached hydrogens (tertiary/aromatic N) is 2. The number of carbonyl (C=O) groups is 3. The Morgan fingerprint density at radius 2 is 1.61 bits per heavy atom. The zero-order valence-corrected chi connectivity index (χ0v) is 26.7. The van der Waals surface area contributed by atoms with Gasteiger partial charge >= 0.3 is 6.09 Å². The number of thioether (sulfide) groups is 1. The Morgan fingerprint density at radius 3 is 2.25 bits per heavy atom. The molecule has 3 rings (SSSR count). The highest BCUT2D eigenvalue weighted by atomic mass is 32.2. The van der Waals surface area contributed by atoms with E-state index in [1.807, 2.05) is 30.3 Å². The second-order valence-corrected chi connectivity index (χ2v) is 13.3. The van der Waals surface area contributed by atoms with E-state index in [2.05, 4.69) is 25.9 Å². The van der Waals surface area contributed by atoms with Crippen molar-refractivity contribution in [2.45, 2.75) is 107 Å². The molecule has 0 bridgehead atoms. The van der Waals surface area contributed by atoms with Crippen LogP contribution in [0.25, 0.3) is 0 Å². The molecule has 11 nitrogen and oxygen atoms in total. The van der Waals surface area contributed by atoms with Gasteiger partial charge in [-0.1, -0.05) is 74.2 Å². The largest absolute Gasteiger partial charge is 0.444 e. The number of hydrogen-bond acceptors (Lipinski definition) is 9. The minimum atomic E-state index is -1.28. The van der Waals surface area contributed by atoms with E-state index in [-0.39, 0.29) is 6.42 Å². The topological polar surface area (TPSA) is 163 Å². The van der Waals surface area contributed by atoms with Crippen LogP contribution < -0.4 is 16.0 Å². The summed E-state index contributed by atoms with van der Waals surface area (Å²) in [7, 11) is 0. The summed E-state index contributed by atoms with van der Waals surface area (Å²) in [6.07, 6.45) is 8.34. The molecule has 1 aromatic carbocycles. The lowest BCUT2D eigenvalue weighted by molar-refractivity contribution is -0.132. The van der Waals surface area contributed by atoms with E-state index in [4.69, 9.17) is 4.74 Å². The number of aliphatic hydroxyl groups is 2. The van der Waals surface area contributed by atoms with Gasteiger partial charge in [0.25, 0.3) is 0 Å². The van der Waals surface area contributed by atoms with E-state index in [0.717, 1.165) is 31.2 Å². The molecule has 1 aliphatic rings. The molecule has 1 aromatic heterocycles. The molecular formula is C32H47N5O6S. The molecule has 2 aromatic rings. The van der Waals surface area contributed by atoms with E-state index < -0.39 is 54.3 Å². The summed E-state index contributed by atoms with van der Waals surface area (Å²) >= 11 is 1.43. The molecule has 12 heteroatoms. The Bertz CT molecular complexity index is 1160. The fourth-order valence-corrected chi connectivity index (χ4v) is 6.00. The van der Waals surface area contributed by atoms with Crippen molar-refractivity contribution in [1.82, 2.24) is 25.9 Å². The minimum Gasteiger partial charge on any atom is -0.444 e. The molecule has 0 spiro atoms. The summed E-state index contributed by atoms with van der Waals surface area (Å²) in [5.41, 5.74) is 0.0229. The number of rotatable bonds is 15. The van der Waals surface area contributed by atoms with Gasteiger partial charge in [-0.3, -0.25) is 9.59 Å². The van der Waals surface area contributed by atoms with Gasteiger partial charge in [-0.15, -0.1) is 0 Å². The normalized spacial score (nSPS) is 16.7. The molecular weight excluding hydrogens is 582 g/mol. The van der Waals surface area contributed by atoms with Gasteiger partial charge in [0.1, 0.15) is 17.7 Å². The molecule has 1 saturated carbocycles. The first-order valence-electron chi connectivity index (χ1n) is 15.4. The van der Waals surface area contributed by atoms with Crippen molar-refractivity contribution < 1.29 is 29.3 Å². The zero-order chi connectivity index (χ0) is 32.0. The highest BCUT2D eigenvalue weighted by molar-refractivity contribution is 7.99. The van der Waals surface area contributed by atoms with Crippen molar-refractivity contribution in [2.75, 3.05) is 12.4 Å². The van der Waals surface area contributed by atoms with Crippen LogP contribution in [0.5, 0.6) is 0 Å². The average Bonchev–Trinajstić information content (AvgIpc) is 2.99. The molecule has 1 fully saturated rings. The van der Waals surface area contributed by atoms with Crippen molar-refractivity contribution in [2.24, 2.45) is 5.92 Å². The summed E-state index contributed by atoms with van der Waals surface area (Å²) in [4.78, 5) is 47.8. The number of benzene rings is 1. The molecule has 5 N–H and O–H groups in total. The van der Waals surface area contributed by atoms with Crippen LogP contribution in [0, 0.1) is 5.92 Å². The van der Waals surface area contributed by atoms with Gasteiger partial charge in [0.2, 0.25) is 11.8 Å². The van der Waals surface area contributed by atoms with Crippen LogP contribution in [0.3, 0.4) is 0 Å². The summed E-state index contributed by atoms with van der Waals surface area (Å²) in [6, 6.07) is 7.98. The Balaban J connectivity index is 1.67. The highest BCUT2D eigenvalue weighted by Crippen LogP contribution is 2.29. The molecule has 242 valence electrons. The monoisotopic (exact) mass is 629 g/mol.